The van der Waals surface area contributed by atoms with Gasteiger partial charge in [-0.3, -0.25) is 19.3 Å². The van der Waals surface area contributed by atoms with Gasteiger partial charge in [0.15, 0.2) is 6.29 Å². The highest BCUT2D eigenvalue weighted by molar-refractivity contribution is 5.93. The Hall–Kier alpha value is -5.07. The van der Waals surface area contributed by atoms with Crippen molar-refractivity contribution < 1.29 is 29.0 Å². The van der Waals surface area contributed by atoms with E-state index < -0.39 is 6.29 Å². The third kappa shape index (κ3) is 12.1. The Morgan fingerprint density at radius 3 is 2.24 bits per heavy atom. The lowest BCUT2D eigenvalue weighted by molar-refractivity contribution is -0.255. The van der Waals surface area contributed by atoms with E-state index in [2.05, 4.69) is 57.2 Å². The van der Waals surface area contributed by atoms with Gasteiger partial charge in [0.25, 0.3) is 0 Å². The van der Waals surface area contributed by atoms with E-state index in [1.54, 1.807) is 12.1 Å². The van der Waals surface area contributed by atoms with Gasteiger partial charge >= 0.3 is 0 Å². The number of ether oxygens (including phenoxy) is 2. The number of nitrogens with one attached hydrogen (secondary N) is 3. The molecular weight excluding hydrogens is 779 g/mol. The average Bonchev–Trinajstić information content (AvgIpc) is 3.27. The second kappa shape index (κ2) is 20.9. The van der Waals surface area contributed by atoms with Crippen LogP contribution in [-0.2, 0) is 37.0 Å². The zero-order valence-electron chi connectivity index (χ0n) is 36.6. The van der Waals surface area contributed by atoms with Crippen LogP contribution in [0.3, 0.4) is 0 Å². The van der Waals surface area contributed by atoms with Crippen LogP contribution in [0.4, 0.5) is 11.4 Å². The predicted molar refractivity (Wildman–Crippen MR) is 243 cm³/mol. The van der Waals surface area contributed by atoms with Crippen LogP contribution in [0.25, 0.3) is 11.1 Å². The van der Waals surface area contributed by atoms with Crippen molar-refractivity contribution in [1.29, 1.82) is 0 Å². The summed E-state index contributed by atoms with van der Waals surface area (Å²) in [4.78, 5) is 41.4. The number of unbranched alkanes of at least 4 members (excludes halogenated alkanes) is 1. The number of likely N-dealkylation sites (tertiary alicyclic amines) is 1. The third-order valence-corrected chi connectivity index (χ3v) is 12.6. The van der Waals surface area contributed by atoms with Crippen molar-refractivity contribution >= 4 is 29.1 Å². The number of para-hydroxylation sites is 2. The summed E-state index contributed by atoms with van der Waals surface area (Å²) in [6.45, 7) is 7.17. The Balaban J connectivity index is 0.991. The molecule has 3 amide bonds. The summed E-state index contributed by atoms with van der Waals surface area (Å²) in [5.41, 5.74) is 12.6. The number of nitrogens with two attached hydrogens (primary N) is 1. The number of hydrogen-bond acceptors (Lipinski definition) is 8. The molecule has 0 aromatic heterocycles. The molecule has 2 heterocycles. The van der Waals surface area contributed by atoms with Gasteiger partial charge in [0.1, 0.15) is 0 Å². The first-order valence-corrected chi connectivity index (χ1v) is 22.6. The van der Waals surface area contributed by atoms with Crippen molar-refractivity contribution in [3.05, 3.63) is 119 Å². The maximum atomic E-state index is 13.9. The van der Waals surface area contributed by atoms with E-state index in [1.807, 2.05) is 69.3 Å². The summed E-state index contributed by atoms with van der Waals surface area (Å²) in [5, 5.41) is 18.9. The topological polar surface area (TPSA) is 155 Å². The van der Waals surface area contributed by atoms with Crippen molar-refractivity contribution in [3.8, 4) is 11.1 Å². The van der Waals surface area contributed by atoms with Crippen molar-refractivity contribution in [2.75, 3.05) is 17.6 Å². The molecule has 330 valence electrons. The minimum Gasteiger partial charge on any atom is -0.397 e. The quantitative estimate of drug-likeness (QED) is 0.0588. The van der Waals surface area contributed by atoms with Crippen molar-refractivity contribution in [1.82, 2.24) is 15.5 Å². The summed E-state index contributed by atoms with van der Waals surface area (Å²) in [6, 6.07) is 31.7. The number of aliphatic hydroxyl groups is 1. The average molecular weight is 844 g/mol. The molecule has 3 aliphatic rings. The first kappa shape index (κ1) is 45.0. The van der Waals surface area contributed by atoms with Crippen molar-refractivity contribution in [2.24, 2.45) is 5.92 Å². The van der Waals surface area contributed by atoms with Gasteiger partial charge in [0.2, 0.25) is 17.7 Å². The molecule has 2 aliphatic heterocycles. The van der Waals surface area contributed by atoms with Crippen LogP contribution in [-0.4, -0.2) is 58.0 Å². The van der Waals surface area contributed by atoms with Crippen LogP contribution < -0.4 is 21.7 Å². The zero-order valence-corrected chi connectivity index (χ0v) is 36.6. The number of carbonyl (C=O) groups excluding carboxylic acids is 3. The van der Waals surface area contributed by atoms with Gasteiger partial charge in [0.05, 0.1) is 36.2 Å². The minimum absolute atomic E-state index is 0.0187. The summed E-state index contributed by atoms with van der Waals surface area (Å²) in [5.74, 6) is 0.531. The molecule has 0 bridgehead atoms. The summed E-state index contributed by atoms with van der Waals surface area (Å²) >= 11 is 0. The number of nitrogen functional groups attached to an aromatic ring is 1. The number of benzene rings is 4. The Bertz CT molecular complexity index is 2120. The lowest BCUT2D eigenvalue weighted by Crippen LogP contribution is -2.61. The molecule has 6 N–H and O–H groups in total. The summed E-state index contributed by atoms with van der Waals surface area (Å²) in [6.07, 6.45) is 8.19. The summed E-state index contributed by atoms with van der Waals surface area (Å²) in [7, 11) is 0. The Labute approximate surface area is 367 Å². The molecular formula is C51H65N5O6. The van der Waals surface area contributed by atoms with E-state index in [4.69, 9.17) is 15.2 Å². The van der Waals surface area contributed by atoms with E-state index in [-0.39, 0.29) is 48.1 Å². The van der Waals surface area contributed by atoms with Gasteiger partial charge in [-0.2, -0.15) is 0 Å². The maximum absolute atomic E-state index is 13.9. The molecule has 0 unspecified atom stereocenters. The summed E-state index contributed by atoms with van der Waals surface area (Å²) < 4.78 is 13.6. The molecule has 0 spiro atoms. The number of fused-ring (bicyclic) bond motifs is 1. The van der Waals surface area contributed by atoms with Gasteiger partial charge in [0, 0.05) is 49.5 Å². The Morgan fingerprint density at radius 1 is 0.774 bits per heavy atom. The molecule has 62 heavy (non-hydrogen) atoms. The number of aliphatic hydroxyl groups excluding tert-OH is 1. The lowest BCUT2D eigenvalue weighted by atomic mass is 9.75. The Morgan fingerprint density at radius 2 is 1.50 bits per heavy atom. The van der Waals surface area contributed by atoms with Gasteiger partial charge in [-0.15, -0.1) is 0 Å². The van der Waals surface area contributed by atoms with E-state index in [9.17, 15) is 19.5 Å². The highest BCUT2D eigenvalue weighted by Crippen LogP contribution is 2.42. The fraction of sp³-hybridized carbons (Fsp3) is 0.471. The number of nitrogens with zero attached hydrogens (tertiary/aromatic N) is 1. The van der Waals surface area contributed by atoms with E-state index >= 15 is 0 Å². The molecule has 11 nitrogen and oxygen atoms in total. The van der Waals surface area contributed by atoms with Crippen LogP contribution in [0.5, 0.6) is 0 Å². The molecule has 4 aromatic carbocycles. The van der Waals surface area contributed by atoms with E-state index in [0.717, 1.165) is 52.6 Å². The molecule has 6 atom stereocenters. The monoisotopic (exact) mass is 843 g/mol. The molecule has 1 aliphatic carbocycles. The minimum atomic E-state index is -0.613. The number of anilines is 2. The predicted octanol–water partition coefficient (Wildman–Crippen LogP) is 8.73. The third-order valence-electron chi connectivity index (χ3n) is 12.6. The number of piperidine rings is 1. The smallest absolute Gasteiger partial charge is 0.237 e. The zero-order chi connectivity index (χ0) is 43.6. The molecule has 7 rings (SSSR count). The second-order valence-electron chi connectivity index (χ2n) is 18.4. The fourth-order valence-electron chi connectivity index (χ4n) is 9.37. The standard InChI is InChI=1S/C51H65N5O6/c1-51(2,3)55-49(60)45-28-27-37-12-4-7-16-44(37)56(45)32-41-30-46(38-21-19-34(33-57)20-22-38)62-50(61-41)39-25-23-36(24-26-39)40-13-10-11-35(29-40)31-53-47(58)17-8-9-18-48(59)54-43-15-6-5-14-42(43)52/h5-6,10-11,13-15,19-26,29,37,41,44-46,50,57H,4,7-9,12,16-18,27-28,30-33,52H2,1-3H3,(H,53,58)(H,54,59)(H,55,60)/t37-,41-,44-,45-,46+,50+/m1/s1. The highest BCUT2D eigenvalue weighted by Gasteiger charge is 2.44. The maximum Gasteiger partial charge on any atom is 0.237 e. The molecule has 2 saturated heterocycles. The van der Waals surface area contributed by atoms with Gasteiger partial charge in [-0.05, 0) is 111 Å². The van der Waals surface area contributed by atoms with Crippen LogP contribution in [0.2, 0.25) is 0 Å². The van der Waals surface area contributed by atoms with Crippen LogP contribution in [0, 0.1) is 5.92 Å². The van der Waals surface area contributed by atoms with Crippen LogP contribution in [0.1, 0.15) is 126 Å². The lowest BCUT2D eigenvalue weighted by Gasteiger charge is -2.50. The normalized spacial score (nSPS) is 22.9. The number of hydrogen-bond donors (Lipinski definition) is 5. The largest absolute Gasteiger partial charge is 0.397 e. The first-order chi connectivity index (χ1) is 29.9. The number of amides is 3. The fourth-order valence-corrected chi connectivity index (χ4v) is 9.37. The SMILES string of the molecule is CC(C)(C)NC(=O)[C@H]1CC[C@H]2CCCC[C@H]2N1C[C@H]1C[C@@H](c2ccc(CO)cc2)O[C@@H](c2ccc(-c3cccc(CNC(=O)CCCCC(=O)Nc4ccccc4N)c3)cc2)O1. The molecule has 0 radical (unpaired) electrons. The molecule has 4 aromatic rings. The molecule has 1 saturated carbocycles. The van der Waals surface area contributed by atoms with Crippen molar-refractivity contribution in [2.45, 2.75) is 141 Å². The Kier molecular flexibility index (Phi) is 15.1. The van der Waals surface area contributed by atoms with E-state index in [1.165, 1.54) is 19.3 Å². The number of rotatable bonds is 15. The highest BCUT2D eigenvalue weighted by atomic mass is 16.7. The van der Waals surface area contributed by atoms with Gasteiger partial charge < -0.3 is 36.3 Å². The first-order valence-electron chi connectivity index (χ1n) is 22.6. The van der Waals surface area contributed by atoms with Crippen LogP contribution >= 0.6 is 0 Å². The van der Waals surface area contributed by atoms with Gasteiger partial charge in [-0.25, -0.2) is 0 Å². The number of carbonyl (C=O) groups is 3. The van der Waals surface area contributed by atoms with E-state index in [0.29, 0.717) is 68.5 Å². The molecule has 11 heteroatoms. The van der Waals surface area contributed by atoms with Gasteiger partial charge in [-0.1, -0.05) is 91.7 Å². The van der Waals surface area contributed by atoms with Crippen molar-refractivity contribution in [3.63, 3.8) is 0 Å². The molecule has 3 fully saturated rings. The second-order valence-corrected chi connectivity index (χ2v) is 18.4. The van der Waals surface area contributed by atoms with Crippen LogP contribution in [0.15, 0.2) is 97.1 Å².